The van der Waals surface area contributed by atoms with Crippen LogP contribution in [0.15, 0.2) is 218 Å². The Morgan fingerprint density at radius 1 is 0.386 bits per heavy atom. The molecule has 0 saturated carbocycles. The van der Waals surface area contributed by atoms with Gasteiger partial charge >= 0.3 is 7.12 Å². The maximum absolute atomic E-state index is 12.6. The number of aromatic hydroxyl groups is 1. The van der Waals surface area contributed by atoms with Crippen molar-refractivity contribution >= 4 is 213 Å². The topological polar surface area (TPSA) is 467 Å². The van der Waals surface area contributed by atoms with E-state index < -0.39 is 37.2 Å². The molecule has 0 atom stereocenters. The predicted octanol–water partition coefficient (Wildman–Crippen LogP) is 16.5. The highest BCUT2D eigenvalue weighted by atomic mass is 79.9. The molecule has 45 heteroatoms. The van der Waals surface area contributed by atoms with E-state index in [4.69, 9.17) is 82.1 Å². The second-order valence-electron chi connectivity index (χ2n) is 32.3. The summed E-state index contributed by atoms with van der Waals surface area (Å²) in [5.41, 5.74) is 26.3. The van der Waals surface area contributed by atoms with Crippen LogP contribution in [0.5, 0.6) is 23.0 Å². The number of nitrogens with two attached hydrogens (primary N) is 2. The van der Waals surface area contributed by atoms with Crippen LogP contribution in [0.4, 0.5) is 35.2 Å². The standard InChI is InChI=1S/C27H29ClN6O3S.C26H27ClN6O3S.C15H13ClN4O.C12H17BrN2O2S.C8H7BrN4.C7H8BClO3.ClH/c1-18-16-19(25-22(28)6-5-7-24(25)37-2)17-23-26(18)31-27(33-32-23)30-20-8-10-21(11-9-20)38(35,36)29-12-15-34-13-3-4-14-34;1-17-15-18(24-21(27)5-4-6-23(24)34)16-22-25(17)30-26(32-31-22)29-19-7-9-20(10-8-19)37(35,36)28-11-14-33-12-2-3-13-33;1-8-6-9(7-11-14(8)18-15(17)20-19-11)13-10(16)4-3-5-12(13)21-2;13-11-3-5-12(6-4-11)18(16,17)14-7-10-15-8-1-2-9-15;1-4-2-5(9)3-6-7(4)11-8(10)13-12-6;1-12-6-4-2-3-5(9)7(6)8(10)11;/h5-11,16-17,29H,3-4,12-15H2,1-2H3,(H,30,31,33);4-10,15-16,28,34H,2-3,11-14H2,1H3,(H,29,30,32);3-7H,1-2H3,(H2,17,18,20);3-6,14H,1-2,7-10H2;2-3H,1H3,(H2,10,11,13);2-4,10-11H,1H3;1H. The van der Waals surface area contributed by atoms with Crippen molar-refractivity contribution in [2.75, 3.05) is 122 Å². The summed E-state index contributed by atoms with van der Waals surface area (Å²) < 4.78 is 100. The van der Waals surface area contributed by atoms with Gasteiger partial charge in [-0.1, -0.05) is 103 Å². The number of rotatable bonds is 26. The lowest BCUT2D eigenvalue weighted by molar-refractivity contribution is 0.344. The molecule has 0 spiro atoms. The molecule has 34 nitrogen and oxygen atoms in total. The van der Waals surface area contributed by atoms with E-state index in [1.165, 1.54) is 45.6 Å². The van der Waals surface area contributed by atoms with E-state index in [1.807, 2.05) is 107 Å². The molecule has 0 bridgehead atoms. The van der Waals surface area contributed by atoms with Crippen molar-refractivity contribution in [1.82, 2.24) is 89.6 Å². The molecule has 7 heterocycles. The van der Waals surface area contributed by atoms with E-state index in [0.717, 1.165) is 128 Å². The molecule has 0 radical (unpaired) electrons. The van der Waals surface area contributed by atoms with Gasteiger partial charge in [0.2, 0.25) is 53.9 Å². The second-order valence-corrected chi connectivity index (χ2v) is 41.0. The van der Waals surface area contributed by atoms with Crippen LogP contribution in [0.1, 0.15) is 60.8 Å². The van der Waals surface area contributed by atoms with Crippen molar-refractivity contribution in [3.8, 4) is 56.4 Å². The minimum atomic E-state index is -3.58. The average molecular weight is 2190 g/mol. The highest BCUT2D eigenvalue weighted by Crippen LogP contribution is 2.42. The van der Waals surface area contributed by atoms with E-state index >= 15 is 0 Å². The maximum atomic E-state index is 12.6. The number of phenolic OH excluding ortho intramolecular Hbond substituents is 1. The van der Waals surface area contributed by atoms with Crippen LogP contribution in [-0.4, -0.2) is 223 Å². The first kappa shape index (κ1) is 108. The highest BCUT2D eigenvalue weighted by molar-refractivity contribution is 9.10. The summed E-state index contributed by atoms with van der Waals surface area (Å²) in [5, 5.41) is 68.8. The van der Waals surface area contributed by atoms with Crippen LogP contribution >= 0.6 is 90.7 Å². The molecule has 18 rings (SSSR count). The molecule has 3 fully saturated rings. The van der Waals surface area contributed by atoms with Gasteiger partial charge in [-0.3, -0.25) is 0 Å². The molecule has 140 heavy (non-hydrogen) atoms. The van der Waals surface area contributed by atoms with Crippen LogP contribution in [-0.2, 0) is 30.1 Å². The Labute approximate surface area is 854 Å². The number of sulfonamides is 3. The number of benzene rings is 11. The molecule has 0 unspecified atom stereocenters. The minimum Gasteiger partial charge on any atom is -0.507 e. The van der Waals surface area contributed by atoms with Gasteiger partial charge in [0.25, 0.3) is 0 Å². The molecule has 15 aromatic rings. The molecule has 0 aliphatic carbocycles. The largest absolute Gasteiger partial charge is 0.507 e. The zero-order valence-corrected chi connectivity index (χ0v) is 86.5. The highest BCUT2D eigenvalue weighted by Gasteiger charge is 2.25. The Hall–Kier alpha value is -11.1. The van der Waals surface area contributed by atoms with Crippen molar-refractivity contribution in [3.05, 3.63) is 245 Å². The summed E-state index contributed by atoms with van der Waals surface area (Å²) in [6.45, 7) is 17.5. The van der Waals surface area contributed by atoms with Crippen molar-refractivity contribution in [2.45, 2.75) is 80.9 Å². The van der Waals surface area contributed by atoms with E-state index in [0.29, 0.717) is 114 Å². The summed E-state index contributed by atoms with van der Waals surface area (Å²) in [7, 11) is -7.47. The SMILES string of the molecule is COc1cccc(Cl)c1-c1cc(C)c2nc(N)nnc2c1.COc1cccc(Cl)c1-c1cc(C)c2nc(Nc3ccc(S(=O)(=O)NCCN4CCCC4)cc3)nnc2c1.COc1cccc(Cl)c1B(O)O.Cc1cc(-c2c(O)cccc2Cl)cc2nnc(Nc3ccc(S(=O)(=O)NCCN4CCCC4)cc3)nc12.Cc1cc(Br)cc2nnc(N)nc12.Cl.O=S(=O)(NCCN1CCCC1)c1ccc(Br)cc1. The van der Waals surface area contributed by atoms with E-state index in [1.54, 1.807) is 129 Å². The van der Waals surface area contributed by atoms with Gasteiger partial charge in [0, 0.05) is 86.8 Å². The van der Waals surface area contributed by atoms with Crippen LogP contribution in [0, 0.1) is 27.7 Å². The third kappa shape index (κ3) is 28.7. The molecule has 734 valence electrons. The number of hydrogen-bond acceptors (Lipinski definition) is 31. The fourth-order valence-electron chi connectivity index (χ4n) is 15.6. The Kier molecular flexibility index (Phi) is 38.5. The van der Waals surface area contributed by atoms with Gasteiger partial charge in [-0.2, -0.15) is 0 Å². The fraction of sp³-hybridized carbons (Fsp3) is 0.263. The molecule has 12 N–H and O–H groups in total. The van der Waals surface area contributed by atoms with Gasteiger partial charge in [0.05, 0.1) is 73.2 Å². The van der Waals surface area contributed by atoms with Crippen LogP contribution in [0.2, 0.25) is 20.1 Å². The number of hydrogen-bond donors (Lipinski definition) is 10. The van der Waals surface area contributed by atoms with Gasteiger partial charge < -0.3 is 66.2 Å². The van der Waals surface area contributed by atoms with Crippen LogP contribution in [0.3, 0.4) is 0 Å². The molecule has 3 aliphatic heterocycles. The molecular weight excluding hydrogens is 2090 g/mol. The average Bonchev–Trinajstić information content (AvgIpc) is 0.811. The summed E-state index contributed by atoms with van der Waals surface area (Å²) in [6.07, 6.45) is 7.14. The Morgan fingerprint density at radius 2 is 0.700 bits per heavy atom. The lowest BCUT2D eigenvalue weighted by Gasteiger charge is -2.15. The summed E-state index contributed by atoms with van der Waals surface area (Å²) in [5.74, 6) is 2.79. The second kappa shape index (κ2) is 50.0. The monoisotopic (exact) mass is 2180 g/mol. The number of nitrogens with one attached hydrogen (secondary N) is 5. The number of ether oxygens (including phenoxy) is 3. The third-order valence-electron chi connectivity index (χ3n) is 22.5. The number of anilines is 6. The predicted molar refractivity (Wildman–Crippen MR) is 562 cm³/mol. The van der Waals surface area contributed by atoms with E-state index in [9.17, 15) is 30.4 Å². The summed E-state index contributed by atoms with van der Waals surface area (Å²) >= 11 is 31.5. The first-order chi connectivity index (χ1) is 66.6. The molecule has 11 aromatic carbocycles. The van der Waals surface area contributed by atoms with Gasteiger partial charge in [0.1, 0.15) is 45.1 Å². The van der Waals surface area contributed by atoms with Crippen LogP contribution < -0.4 is 55.9 Å². The first-order valence-electron chi connectivity index (χ1n) is 43.9. The quantitative estimate of drug-likeness (QED) is 0.0225. The Balaban J connectivity index is 0.000000158. The number of halogens is 7. The van der Waals surface area contributed by atoms with Crippen molar-refractivity contribution < 1.29 is 54.6 Å². The number of nitrogens with zero attached hydrogens (tertiary/aromatic N) is 15. The van der Waals surface area contributed by atoms with Gasteiger partial charge in [-0.25, -0.2) is 59.4 Å². The molecule has 0 amide bonds. The molecule has 3 aliphatic rings. The van der Waals surface area contributed by atoms with E-state index in [-0.39, 0.29) is 56.3 Å². The third-order valence-corrected chi connectivity index (χ3v) is 29.2. The summed E-state index contributed by atoms with van der Waals surface area (Å²) in [4.78, 5) is 25.1. The number of aromatic nitrogens is 12. The van der Waals surface area contributed by atoms with Gasteiger partial charge in [-0.15, -0.1) is 53.2 Å². The van der Waals surface area contributed by atoms with Gasteiger partial charge in [0.15, 0.2) is 0 Å². The lowest BCUT2D eigenvalue weighted by atomic mass is 9.79. The van der Waals surface area contributed by atoms with Gasteiger partial charge in [-0.05, 0) is 314 Å². The van der Waals surface area contributed by atoms with E-state index in [2.05, 4.69) is 132 Å². The smallest absolute Gasteiger partial charge is 0.493 e. The summed E-state index contributed by atoms with van der Waals surface area (Å²) in [6, 6.07) is 55.7. The minimum absolute atomic E-state index is 0. The molecular formula is C95H102BBr2Cl5N22O12S3. The maximum Gasteiger partial charge on any atom is 0.493 e. The van der Waals surface area contributed by atoms with Crippen molar-refractivity contribution in [2.24, 2.45) is 0 Å². The Morgan fingerprint density at radius 3 is 1.06 bits per heavy atom. The van der Waals surface area contributed by atoms with Crippen molar-refractivity contribution in [3.63, 3.8) is 0 Å². The number of fused-ring (bicyclic) bond motifs is 4. The van der Waals surface area contributed by atoms with Crippen LogP contribution in [0.25, 0.3) is 77.5 Å². The fourth-order valence-corrected chi connectivity index (χ4v) is 20.6. The Bertz CT molecular complexity index is 7220. The molecule has 4 aromatic heterocycles. The molecule has 3 saturated heterocycles. The van der Waals surface area contributed by atoms with Crippen molar-refractivity contribution in [1.29, 1.82) is 0 Å². The zero-order chi connectivity index (χ0) is 99.2. The number of methoxy groups -OCH3 is 3. The zero-order valence-electron chi connectivity index (χ0n) is 77.1. The lowest BCUT2D eigenvalue weighted by Crippen LogP contribution is -2.33. The first-order valence-corrected chi connectivity index (χ1v) is 51.4. The number of nitrogen functional groups attached to an aromatic ring is 2. The number of likely N-dealkylation sites (tertiary alicyclic amines) is 3. The normalized spacial score (nSPS) is 13.3. The number of phenols is 1. The number of aryl methyl sites for hydroxylation is 4.